The van der Waals surface area contributed by atoms with Crippen molar-refractivity contribution < 1.29 is 4.79 Å². The molecule has 3 heteroatoms. The maximum absolute atomic E-state index is 11.6. The Morgan fingerprint density at radius 2 is 2.00 bits per heavy atom. The summed E-state index contributed by atoms with van der Waals surface area (Å²) in [7, 11) is 1.88. The summed E-state index contributed by atoms with van der Waals surface area (Å²) in [5, 5.41) is 0. The van der Waals surface area contributed by atoms with Crippen LogP contribution in [0.4, 0.5) is 0 Å². The Morgan fingerprint density at radius 1 is 1.50 bits per heavy atom. The molecule has 0 spiro atoms. The van der Waals surface area contributed by atoms with Crippen LogP contribution in [0.25, 0.3) is 0 Å². The van der Waals surface area contributed by atoms with Gasteiger partial charge in [-0.1, -0.05) is 20.8 Å². The highest BCUT2D eigenvalue weighted by Gasteiger charge is 2.39. The maximum Gasteiger partial charge on any atom is 0.228 e. The SMILES string of the molecule is CC1CCN(C)C(=O)C1(C)C.Cl. The Bertz CT molecular complexity index is 179. The summed E-state index contributed by atoms with van der Waals surface area (Å²) in [5.74, 6) is 0.808. The molecule has 12 heavy (non-hydrogen) atoms. The predicted molar refractivity (Wildman–Crippen MR) is 52.4 cm³/mol. The predicted octanol–water partition coefficient (Wildman–Crippen LogP) is 1.93. The molecule has 0 radical (unpaired) electrons. The maximum atomic E-state index is 11.6. The van der Waals surface area contributed by atoms with Crippen molar-refractivity contribution in [3.8, 4) is 0 Å². The molecule has 0 aromatic rings. The van der Waals surface area contributed by atoms with Crippen molar-refractivity contribution in [2.24, 2.45) is 11.3 Å². The number of piperidine rings is 1. The summed E-state index contributed by atoms with van der Waals surface area (Å²) < 4.78 is 0. The van der Waals surface area contributed by atoms with Gasteiger partial charge in [-0.05, 0) is 12.3 Å². The fourth-order valence-corrected chi connectivity index (χ4v) is 1.55. The van der Waals surface area contributed by atoms with E-state index in [1.165, 1.54) is 0 Å². The molecule has 1 aliphatic rings. The number of hydrogen-bond acceptors (Lipinski definition) is 1. The first-order valence-corrected chi connectivity index (χ1v) is 4.22. The van der Waals surface area contributed by atoms with E-state index in [9.17, 15) is 4.79 Å². The summed E-state index contributed by atoms with van der Waals surface area (Å²) in [6, 6.07) is 0. The van der Waals surface area contributed by atoms with Gasteiger partial charge in [0.05, 0.1) is 0 Å². The number of halogens is 1. The van der Waals surface area contributed by atoms with Crippen LogP contribution in [0, 0.1) is 11.3 Å². The second-order valence-corrected chi connectivity index (χ2v) is 4.14. The van der Waals surface area contributed by atoms with Crippen LogP contribution in [0.15, 0.2) is 0 Å². The van der Waals surface area contributed by atoms with Gasteiger partial charge in [0.25, 0.3) is 0 Å². The van der Waals surface area contributed by atoms with Crippen LogP contribution in [0.1, 0.15) is 27.2 Å². The molecule has 1 heterocycles. The minimum absolute atomic E-state index is 0. The molecule has 0 aliphatic carbocycles. The van der Waals surface area contributed by atoms with Gasteiger partial charge in [-0.2, -0.15) is 0 Å². The highest BCUT2D eigenvalue weighted by Crippen LogP contribution is 2.34. The van der Waals surface area contributed by atoms with E-state index in [1.54, 1.807) is 0 Å². The van der Waals surface area contributed by atoms with Crippen LogP contribution in [0.3, 0.4) is 0 Å². The fourth-order valence-electron chi connectivity index (χ4n) is 1.55. The van der Waals surface area contributed by atoms with E-state index in [1.807, 2.05) is 25.8 Å². The molecule has 0 aromatic heterocycles. The van der Waals surface area contributed by atoms with Gasteiger partial charge in [0.15, 0.2) is 0 Å². The number of amides is 1. The van der Waals surface area contributed by atoms with Gasteiger partial charge >= 0.3 is 0 Å². The zero-order chi connectivity index (χ0) is 8.65. The number of hydrogen-bond donors (Lipinski definition) is 0. The van der Waals surface area contributed by atoms with Crippen LogP contribution in [0.5, 0.6) is 0 Å². The van der Waals surface area contributed by atoms with Crippen molar-refractivity contribution in [3.63, 3.8) is 0 Å². The van der Waals surface area contributed by atoms with Crippen molar-refractivity contribution in [1.29, 1.82) is 0 Å². The van der Waals surface area contributed by atoms with Gasteiger partial charge < -0.3 is 4.90 Å². The summed E-state index contributed by atoms with van der Waals surface area (Å²) >= 11 is 0. The Kier molecular flexibility index (Phi) is 3.58. The van der Waals surface area contributed by atoms with Gasteiger partial charge in [0.2, 0.25) is 5.91 Å². The lowest BCUT2D eigenvalue weighted by atomic mass is 9.74. The van der Waals surface area contributed by atoms with E-state index in [0.717, 1.165) is 13.0 Å². The minimum Gasteiger partial charge on any atom is -0.345 e. The molecule has 1 atom stereocenters. The smallest absolute Gasteiger partial charge is 0.228 e. The lowest BCUT2D eigenvalue weighted by molar-refractivity contribution is -0.146. The van der Waals surface area contributed by atoms with Crippen molar-refractivity contribution in [2.45, 2.75) is 27.2 Å². The molecule has 2 nitrogen and oxygen atoms in total. The molecular weight excluding hydrogens is 174 g/mol. The van der Waals surface area contributed by atoms with E-state index in [4.69, 9.17) is 0 Å². The van der Waals surface area contributed by atoms with Crippen LogP contribution in [-0.4, -0.2) is 24.4 Å². The van der Waals surface area contributed by atoms with Gasteiger partial charge in [-0.25, -0.2) is 0 Å². The molecule has 1 saturated heterocycles. The molecule has 0 bridgehead atoms. The van der Waals surface area contributed by atoms with E-state index < -0.39 is 0 Å². The third-order valence-electron chi connectivity index (χ3n) is 3.03. The zero-order valence-electron chi connectivity index (χ0n) is 8.26. The first kappa shape index (κ1) is 11.8. The molecule has 1 rings (SSSR count). The van der Waals surface area contributed by atoms with Crippen molar-refractivity contribution in [2.75, 3.05) is 13.6 Å². The average Bonchev–Trinajstić information content (AvgIpc) is 1.95. The molecule has 1 amide bonds. The van der Waals surface area contributed by atoms with Crippen LogP contribution in [-0.2, 0) is 4.79 Å². The first-order chi connectivity index (χ1) is 4.96. The van der Waals surface area contributed by atoms with Crippen LogP contribution < -0.4 is 0 Å². The molecule has 0 aromatic carbocycles. The molecule has 1 unspecified atom stereocenters. The topological polar surface area (TPSA) is 20.3 Å². The lowest BCUT2D eigenvalue weighted by Crippen LogP contribution is -2.47. The second kappa shape index (κ2) is 3.65. The zero-order valence-corrected chi connectivity index (χ0v) is 9.07. The fraction of sp³-hybridized carbons (Fsp3) is 0.889. The number of likely N-dealkylation sites (tertiary alicyclic amines) is 1. The summed E-state index contributed by atoms with van der Waals surface area (Å²) in [4.78, 5) is 13.4. The van der Waals surface area contributed by atoms with Gasteiger partial charge in [-0.3, -0.25) is 4.79 Å². The van der Waals surface area contributed by atoms with E-state index >= 15 is 0 Å². The third kappa shape index (κ3) is 1.74. The summed E-state index contributed by atoms with van der Waals surface area (Å²) in [6.45, 7) is 7.15. The summed E-state index contributed by atoms with van der Waals surface area (Å²) in [6.07, 6.45) is 1.13. The summed E-state index contributed by atoms with van der Waals surface area (Å²) in [5.41, 5.74) is -0.146. The number of carbonyl (C=O) groups excluding carboxylic acids is 1. The Balaban J connectivity index is 0.00000121. The normalized spacial score (nSPS) is 28.2. The molecule has 0 saturated carbocycles. The van der Waals surface area contributed by atoms with E-state index in [-0.39, 0.29) is 23.7 Å². The largest absolute Gasteiger partial charge is 0.345 e. The Hall–Kier alpha value is -0.240. The van der Waals surface area contributed by atoms with E-state index in [0.29, 0.717) is 5.92 Å². The molecule has 1 aliphatic heterocycles. The number of nitrogens with zero attached hydrogens (tertiary/aromatic N) is 1. The van der Waals surface area contributed by atoms with Crippen molar-refractivity contribution in [3.05, 3.63) is 0 Å². The average molecular weight is 192 g/mol. The standard InChI is InChI=1S/C9H17NO.ClH/c1-7-5-6-10(4)8(11)9(7,2)3;/h7H,5-6H2,1-4H3;1H. The monoisotopic (exact) mass is 191 g/mol. The number of rotatable bonds is 0. The van der Waals surface area contributed by atoms with Crippen molar-refractivity contribution in [1.82, 2.24) is 4.90 Å². The van der Waals surface area contributed by atoms with Crippen molar-refractivity contribution >= 4 is 18.3 Å². The highest BCUT2D eigenvalue weighted by atomic mass is 35.5. The molecule has 0 N–H and O–H groups in total. The van der Waals surface area contributed by atoms with Gasteiger partial charge in [0, 0.05) is 19.0 Å². The van der Waals surface area contributed by atoms with Gasteiger partial charge in [-0.15, -0.1) is 12.4 Å². The Labute approximate surface area is 80.7 Å². The minimum atomic E-state index is -0.146. The van der Waals surface area contributed by atoms with Gasteiger partial charge in [0.1, 0.15) is 0 Å². The number of carbonyl (C=O) groups is 1. The molecule has 72 valence electrons. The highest BCUT2D eigenvalue weighted by molar-refractivity contribution is 5.85. The van der Waals surface area contributed by atoms with Crippen LogP contribution >= 0.6 is 12.4 Å². The lowest BCUT2D eigenvalue weighted by Gasteiger charge is -2.40. The third-order valence-corrected chi connectivity index (χ3v) is 3.03. The molecule has 1 fully saturated rings. The molecular formula is C9H18ClNO. The first-order valence-electron chi connectivity index (χ1n) is 4.22. The quantitative estimate of drug-likeness (QED) is 0.573. The van der Waals surface area contributed by atoms with E-state index in [2.05, 4.69) is 6.92 Å². The van der Waals surface area contributed by atoms with Crippen LogP contribution in [0.2, 0.25) is 0 Å². The second-order valence-electron chi connectivity index (χ2n) is 4.14. The Morgan fingerprint density at radius 3 is 2.42 bits per heavy atom.